The number of hydrogen-bond acceptors (Lipinski definition) is 9. The number of sulfone groups is 1. The quantitative estimate of drug-likeness (QED) is 0.199. The molecule has 260 valence electrons. The van der Waals surface area contributed by atoms with Crippen molar-refractivity contribution in [2.24, 2.45) is 4.99 Å². The summed E-state index contributed by atoms with van der Waals surface area (Å²) in [5.74, 6) is 0.134. The van der Waals surface area contributed by atoms with E-state index in [0.717, 1.165) is 49.0 Å². The minimum absolute atomic E-state index is 0.0268. The first-order chi connectivity index (χ1) is 23.1. The molecule has 1 saturated heterocycles. The van der Waals surface area contributed by atoms with Gasteiger partial charge in [0.1, 0.15) is 22.0 Å². The molecule has 48 heavy (non-hydrogen) atoms. The third kappa shape index (κ3) is 9.89. The Morgan fingerprint density at radius 3 is 2.67 bits per heavy atom. The Balaban J connectivity index is 1.31. The first kappa shape index (κ1) is 36.0. The zero-order valence-corrected chi connectivity index (χ0v) is 29.8. The fourth-order valence-corrected chi connectivity index (χ4v) is 8.48. The molecule has 1 amide bonds. The second-order valence-corrected chi connectivity index (χ2v) is 16.8. The van der Waals surface area contributed by atoms with Crippen LogP contribution >= 0.6 is 11.3 Å². The summed E-state index contributed by atoms with van der Waals surface area (Å²) in [4.78, 5) is 41.8. The highest BCUT2D eigenvalue weighted by Gasteiger charge is 2.41. The van der Waals surface area contributed by atoms with Gasteiger partial charge in [0.2, 0.25) is 5.91 Å². The van der Waals surface area contributed by atoms with Gasteiger partial charge in [-0.15, -0.1) is 11.3 Å². The van der Waals surface area contributed by atoms with E-state index >= 15 is 0 Å². The molecule has 3 aliphatic rings. The lowest BCUT2D eigenvalue weighted by Gasteiger charge is -2.43. The zero-order chi connectivity index (χ0) is 34.1. The molecular weight excluding hydrogens is 647 g/mol. The lowest BCUT2D eigenvalue weighted by atomic mass is 9.93. The maximum atomic E-state index is 14.4. The summed E-state index contributed by atoms with van der Waals surface area (Å²) in [5, 5.41) is 5.69. The number of ether oxygens (including phenoxy) is 1. The van der Waals surface area contributed by atoms with E-state index in [1.54, 1.807) is 22.3 Å². The minimum Gasteiger partial charge on any atom is -0.455 e. The van der Waals surface area contributed by atoms with Crippen LogP contribution in [-0.4, -0.2) is 91.7 Å². The Hall–Kier alpha value is -3.27. The second kappa shape index (κ2) is 16.9. The van der Waals surface area contributed by atoms with Crippen LogP contribution in [0.5, 0.6) is 0 Å². The molecular formula is C36H49N5O5S2. The lowest BCUT2D eigenvalue weighted by Crippen LogP contribution is -2.63. The van der Waals surface area contributed by atoms with Crippen molar-refractivity contribution in [3.63, 3.8) is 0 Å². The Morgan fingerprint density at radius 1 is 1.12 bits per heavy atom. The molecule has 2 aliphatic heterocycles. The predicted octanol–water partition coefficient (Wildman–Crippen LogP) is 5.73. The number of hydrogen-bond donors (Lipinski definition) is 1. The van der Waals surface area contributed by atoms with Crippen molar-refractivity contribution in [3.8, 4) is 0 Å². The molecule has 5 rings (SSSR count). The molecule has 0 bridgehead atoms. The number of ketones is 1. The summed E-state index contributed by atoms with van der Waals surface area (Å²) in [5.41, 5.74) is 1.44. The van der Waals surface area contributed by atoms with Crippen LogP contribution in [-0.2, 0) is 30.6 Å². The summed E-state index contributed by atoms with van der Waals surface area (Å²) >= 11 is 1.63. The van der Waals surface area contributed by atoms with Crippen molar-refractivity contribution in [2.45, 2.75) is 108 Å². The highest BCUT2D eigenvalue weighted by atomic mass is 32.2. The van der Waals surface area contributed by atoms with Gasteiger partial charge in [0.25, 0.3) is 6.02 Å². The third-order valence-corrected chi connectivity index (χ3v) is 11.6. The van der Waals surface area contributed by atoms with Crippen LogP contribution in [0.3, 0.4) is 0 Å². The van der Waals surface area contributed by atoms with Gasteiger partial charge in [0.15, 0.2) is 11.5 Å². The maximum Gasteiger partial charge on any atom is 0.288 e. The minimum atomic E-state index is -3.02. The van der Waals surface area contributed by atoms with Crippen molar-refractivity contribution >= 4 is 44.6 Å². The second-order valence-electron chi connectivity index (χ2n) is 13.5. The first-order valence-corrected chi connectivity index (χ1v) is 20.3. The summed E-state index contributed by atoms with van der Waals surface area (Å²) < 4.78 is 29.7. The summed E-state index contributed by atoms with van der Waals surface area (Å²) in [6.07, 6.45) is 10.1. The normalized spacial score (nSPS) is 22.5. The monoisotopic (exact) mass is 695 g/mol. The molecule has 1 aromatic heterocycles. The lowest BCUT2D eigenvalue weighted by molar-refractivity contribution is -0.144. The van der Waals surface area contributed by atoms with Crippen molar-refractivity contribution in [2.75, 3.05) is 31.6 Å². The smallest absolute Gasteiger partial charge is 0.288 e. The van der Waals surface area contributed by atoms with Crippen LogP contribution in [0.4, 0.5) is 5.69 Å². The largest absolute Gasteiger partial charge is 0.455 e. The highest BCUT2D eigenvalue weighted by molar-refractivity contribution is 7.90. The van der Waals surface area contributed by atoms with E-state index in [1.165, 1.54) is 12.7 Å². The topological polar surface area (TPSA) is 113 Å². The molecule has 1 aromatic carbocycles. The molecule has 3 heterocycles. The number of aryl methyl sites for hydroxylation is 1. The van der Waals surface area contributed by atoms with E-state index in [-0.39, 0.29) is 35.6 Å². The number of piperazine rings is 1. The third-order valence-electron chi connectivity index (χ3n) is 9.66. The average Bonchev–Trinajstić information content (AvgIpc) is 3.76. The average molecular weight is 696 g/mol. The molecule has 2 fully saturated rings. The molecule has 12 heteroatoms. The van der Waals surface area contributed by atoms with Crippen molar-refractivity contribution in [1.29, 1.82) is 0 Å². The van der Waals surface area contributed by atoms with Crippen molar-refractivity contribution < 1.29 is 22.7 Å². The van der Waals surface area contributed by atoms with E-state index in [9.17, 15) is 18.0 Å². The van der Waals surface area contributed by atoms with Gasteiger partial charge in [-0.25, -0.2) is 18.3 Å². The Labute approximate surface area is 289 Å². The van der Waals surface area contributed by atoms with Crippen LogP contribution in [0.2, 0.25) is 0 Å². The van der Waals surface area contributed by atoms with Gasteiger partial charge in [0, 0.05) is 49.0 Å². The maximum absolute atomic E-state index is 14.4. The fraction of sp³-hybridized carbons (Fsp3) is 0.611. The number of unbranched alkanes of at least 4 members (excludes halogenated alkanes) is 2. The molecule has 1 N–H and O–H groups in total. The molecule has 1 saturated carbocycles. The molecule has 4 atom stereocenters. The van der Waals surface area contributed by atoms with E-state index in [2.05, 4.69) is 10.2 Å². The van der Waals surface area contributed by atoms with Crippen molar-refractivity contribution in [3.05, 3.63) is 63.6 Å². The van der Waals surface area contributed by atoms with E-state index in [4.69, 9.17) is 16.3 Å². The summed E-state index contributed by atoms with van der Waals surface area (Å²) in [6.45, 7) is 10.6. The Bertz CT molecular complexity index is 1560. The molecule has 2 aromatic rings. The van der Waals surface area contributed by atoms with Crippen LogP contribution in [0.1, 0.15) is 87.7 Å². The fourth-order valence-electron chi connectivity index (χ4n) is 7.04. The van der Waals surface area contributed by atoms with Gasteiger partial charge >= 0.3 is 0 Å². The van der Waals surface area contributed by atoms with E-state index < -0.39 is 21.9 Å². The Kier molecular flexibility index (Phi) is 12.7. The molecule has 0 spiro atoms. The van der Waals surface area contributed by atoms with Gasteiger partial charge < -0.3 is 19.9 Å². The Morgan fingerprint density at radius 2 is 1.94 bits per heavy atom. The van der Waals surface area contributed by atoms with Gasteiger partial charge in [-0.2, -0.15) is 0 Å². The van der Waals surface area contributed by atoms with Crippen LogP contribution in [0, 0.1) is 6.57 Å². The number of Topliss-reactive ketones (excluding diaryl/α,β-unsaturated/α-hetero) is 1. The number of rotatable bonds is 14. The molecule has 1 aliphatic carbocycles. The number of amidine groups is 1. The highest BCUT2D eigenvalue weighted by Crippen LogP contribution is 2.33. The van der Waals surface area contributed by atoms with E-state index in [1.807, 2.05) is 47.5 Å². The number of aliphatic imine (C=N–C) groups is 1. The van der Waals surface area contributed by atoms with Crippen LogP contribution in [0.25, 0.3) is 4.85 Å². The SMILES string of the molecule is [C-]#[N+]c1cccc([C@@H]2OC(N3CCN(C(=O)[C@@H](CCCCCS(C)(=O)=O)NC4CCCCC4)[C@H](C(=O)CCc4cccs4)C3)=N[C@H]2C)c1. The first-order valence-electron chi connectivity index (χ1n) is 17.4. The number of nitrogens with zero attached hydrogens (tertiary/aromatic N) is 4. The summed E-state index contributed by atoms with van der Waals surface area (Å²) in [7, 11) is -3.02. The van der Waals surface area contributed by atoms with Gasteiger partial charge in [0.05, 0.1) is 18.7 Å². The van der Waals surface area contributed by atoms with Gasteiger partial charge in [-0.3, -0.25) is 9.59 Å². The van der Waals surface area contributed by atoms with Gasteiger partial charge in [-0.1, -0.05) is 56.4 Å². The number of thiophene rings is 1. The number of amides is 1. The molecule has 0 unspecified atom stereocenters. The van der Waals surface area contributed by atoms with Crippen LogP contribution < -0.4 is 5.32 Å². The molecule has 10 nitrogen and oxygen atoms in total. The van der Waals surface area contributed by atoms with Crippen molar-refractivity contribution in [1.82, 2.24) is 15.1 Å². The van der Waals surface area contributed by atoms with Crippen LogP contribution in [0.15, 0.2) is 46.8 Å². The van der Waals surface area contributed by atoms with E-state index in [0.29, 0.717) is 57.0 Å². The predicted molar refractivity (Wildman–Crippen MR) is 190 cm³/mol. The number of nitrogens with one attached hydrogen (secondary N) is 1. The number of carbonyl (C=O) groups excluding carboxylic acids is 2. The number of benzene rings is 1. The number of carbonyl (C=O) groups is 2. The standard InChI is InChI=1S/C36H49N5O5S2/c1-26-34(27-12-10-15-29(24-27)37-2)46-36(38-26)40-20-21-41(32(25-40)33(42)19-18-30-16-11-22-47-30)35(43)31(39-28-13-6-4-7-14-28)17-8-5-9-23-48(3,44)45/h10-12,15-16,22,24,26,28,31-32,34,39H,4-9,13-14,17-21,23,25H2,1,3H3/t26-,31+,32-,34+/m0/s1. The van der Waals surface area contributed by atoms with Gasteiger partial charge in [-0.05, 0) is 62.1 Å². The zero-order valence-electron chi connectivity index (χ0n) is 28.2. The summed E-state index contributed by atoms with van der Waals surface area (Å²) in [6, 6.07) is 10.9. The molecule has 0 radical (unpaired) electrons.